The van der Waals surface area contributed by atoms with Crippen LogP contribution < -0.4 is 14.2 Å². The second-order valence-corrected chi connectivity index (χ2v) is 9.33. The molecule has 31 heavy (non-hydrogen) atoms. The first-order valence-corrected chi connectivity index (χ1v) is 10.9. The zero-order valence-electron chi connectivity index (χ0n) is 17.3. The summed E-state index contributed by atoms with van der Waals surface area (Å²) in [6.07, 6.45) is 0. The van der Waals surface area contributed by atoms with Crippen molar-refractivity contribution in [3.05, 3.63) is 48.0 Å². The Morgan fingerprint density at radius 2 is 1.65 bits per heavy atom. The molecule has 1 heterocycles. The molecular weight excluding hydrogens is 426 g/mol. The maximum Gasteiger partial charge on any atom is 0.344 e. The van der Waals surface area contributed by atoms with Gasteiger partial charge in [-0.1, -0.05) is 0 Å². The molecule has 2 aromatic rings. The highest BCUT2D eigenvalue weighted by atomic mass is 32.2. The van der Waals surface area contributed by atoms with Crippen molar-refractivity contribution in [3.63, 3.8) is 0 Å². The number of hydrogen-bond donors (Lipinski definition) is 1. The fourth-order valence-electron chi connectivity index (χ4n) is 2.66. The van der Waals surface area contributed by atoms with Crippen LogP contribution in [0.1, 0.15) is 31.1 Å². The highest BCUT2D eigenvalue weighted by Gasteiger charge is 2.21. The molecule has 0 saturated heterocycles. The maximum absolute atomic E-state index is 12.6. The van der Waals surface area contributed by atoms with Crippen molar-refractivity contribution in [2.45, 2.75) is 31.3 Å². The van der Waals surface area contributed by atoms with Gasteiger partial charge in [0.1, 0.15) is 18.8 Å². The van der Waals surface area contributed by atoms with E-state index in [1.54, 1.807) is 20.8 Å². The van der Waals surface area contributed by atoms with Gasteiger partial charge >= 0.3 is 11.9 Å². The summed E-state index contributed by atoms with van der Waals surface area (Å²) in [5, 5.41) is 0. The molecule has 166 valence electrons. The molecule has 3 rings (SSSR count). The van der Waals surface area contributed by atoms with Crippen LogP contribution in [-0.2, 0) is 24.3 Å². The Bertz CT molecular complexity index is 1070. The Hall–Kier alpha value is -3.27. The second kappa shape index (κ2) is 8.84. The van der Waals surface area contributed by atoms with Crippen LogP contribution in [-0.4, -0.2) is 45.8 Å². The van der Waals surface area contributed by atoms with E-state index in [-0.39, 0.29) is 16.1 Å². The predicted molar refractivity (Wildman–Crippen MR) is 111 cm³/mol. The number of carbonyl (C=O) groups is 2. The third kappa shape index (κ3) is 6.11. The average Bonchev–Trinajstić information content (AvgIpc) is 2.70. The zero-order valence-corrected chi connectivity index (χ0v) is 18.2. The Morgan fingerprint density at radius 1 is 1.00 bits per heavy atom. The molecule has 0 saturated carbocycles. The van der Waals surface area contributed by atoms with E-state index in [2.05, 4.69) is 4.72 Å². The van der Waals surface area contributed by atoms with Gasteiger partial charge in [-0.15, -0.1) is 0 Å². The van der Waals surface area contributed by atoms with Gasteiger partial charge in [0, 0.05) is 11.8 Å². The van der Waals surface area contributed by atoms with Crippen LogP contribution in [0.3, 0.4) is 0 Å². The first kappa shape index (κ1) is 22.4. The molecule has 0 unspecified atom stereocenters. The normalized spacial score (nSPS) is 13.3. The van der Waals surface area contributed by atoms with Crippen LogP contribution >= 0.6 is 0 Å². The Kier molecular flexibility index (Phi) is 6.40. The molecule has 10 heteroatoms. The molecule has 0 aliphatic carbocycles. The molecular formula is C21H23NO8S. The lowest BCUT2D eigenvalue weighted by molar-refractivity contribution is -0.158. The number of hydrogen-bond acceptors (Lipinski definition) is 8. The van der Waals surface area contributed by atoms with E-state index in [1.807, 2.05) is 0 Å². The van der Waals surface area contributed by atoms with Crippen molar-refractivity contribution in [2.24, 2.45) is 0 Å². The molecule has 0 spiro atoms. The minimum absolute atomic E-state index is 0.0117. The third-order valence-corrected chi connectivity index (χ3v) is 5.32. The van der Waals surface area contributed by atoms with Gasteiger partial charge in [-0.25, -0.2) is 18.0 Å². The smallest absolute Gasteiger partial charge is 0.344 e. The summed E-state index contributed by atoms with van der Waals surface area (Å²) in [5.41, 5.74) is -0.274. The van der Waals surface area contributed by atoms with Gasteiger partial charge in [0.25, 0.3) is 10.0 Å². The second-order valence-electron chi connectivity index (χ2n) is 7.65. The standard InChI is InChI=1S/C21H23NO8S/c1-21(2,3)30-19(23)13-29-20(24)14-4-6-15(7-5-14)22-31(25,26)16-8-9-17-18(12-16)28-11-10-27-17/h4-9,12,22H,10-11,13H2,1-3H3. The van der Waals surface area contributed by atoms with Gasteiger partial charge in [-0.3, -0.25) is 4.72 Å². The molecule has 0 atom stereocenters. The number of esters is 2. The molecule has 1 aliphatic rings. The molecule has 0 aromatic heterocycles. The molecule has 1 N–H and O–H groups in total. The van der Waals surface area contributed by atoms with Crippen LogP contribution in [0.25, 0.3) is 0 Å². The van der Waals surface area contributed by atoms with Crippen LogP contribution in [0.5, 0.6) is 11.5 Å². The zero-order chi connectivity index (χ0) is 22.6. The molecule has 2 aromatic carbocycles. The number of ether oxygens (including phenoxy) is 4. The number of fused-ring (bicyclic) bond motifs is 1. The van der Waals surface area contributed by atoms with Crippen molar-refractivity contribution < 1.29 is 37.0 Å². The van der Waals surface area contributed by atoms with Crippen LogP contribution in [0.4, 0.5) is 5.69 Å². The van der Waals surface area contributed by atoms with Crippen molar-refractivity contribution in [1.29, 1.82) is 0 Å². The number of sulfonamides is 1. The lowest BCUT2D eigenvalue weighted by Crippen LogP contribution is -2.27. The minimum Gasteiger partial charge on any atom is -0.486 e. The molecule has 0 amide bonds. The topological polar surface area (TPSA) is 117 Å². The van der Waals surface area contributed by atoms with Gasteiger partial charge in [-0.2, -0.15) is 0 Å². The summed E-state index contributed by atoms with van der Waals surface area (Å²) in [6.45, 7) is 5.35. The van der Waals surface area contributed by atoms with Crippen molar-refractivity contribution in [3.8, 4) is 11.5 Å². The first-order chi connectivity index (χ1) is 14.5. The lowest BCUT2D eigenvalue weighted by Gasteiger charge is -2.19. The van der Waals surface area contributed by atoms with Gasteiger partial charge in [0.15, 0.2) is 18.1 Å². The summed E-state index contributed by atoms with van der Waals surface area (Å²) < 4.78 is 48.5. The minimum atomic E-state index is -3.88. The van der Waals surface area contributed by atoms with Gasteiger partial charge in [-0.05, 0) is 57.2 Å². The predicted octanol–water partition coefficient (Wildman–Crippen LogP) is 2.76. The SMILES string of the molecule is CC(C)(C)OC(=O)COC(=O)c1ccc(NS(=O)(=O)c2ccc3c(c2)OCCO3)cc1. The highest BCUT2D eigenvalue weighted by molar-refractivity contribution is 7.92. The number of carbonyl (C=O) groups excluding carboxylic acids is 2. The van der Waals surface area contributed by atoms with E-state index in [0.717, 1.165) is 0 Å². The summed E-state index contributed by atoms with van der Waals surface area (Å²) in [6, 6.07) is 9.95. The van der Waals surface area contributed by atoms with Gasteiger partial charge in [0.05, 0.1) is 10.5 Å². The fraction of sp³-hybridized carbons (Fsp3) is 0.333. The number of nitrogens with one attached hydrogen (secondary N) is 1. The summed E-state index contributed by atoms with van der Waals surface area (Å²) >= 11 is 0. The summed E-state index contributed by atoms with van der Waals surface area (Å²) in [5.74, 6) is -0.548. The van der Waals surface area contributed by atoms with Crippen LogP contribution in [0.15, 0.2) is 47.4 Å². The van der Waals surface area contributed by atoms with E-state index in [1.165, 1.54) is 42.5 Å². The Morgan fingerprint density at radius 3 is 2.29 bits per heavy atom. The Labute approximate surface area is 180 Å². The third-order valence-electron chi connectivity index (χ3n) is 3.94. The first-order valence-electron chi connectivity index (χ1n) is 9.45. The van der Waals surface area contributed by atoms with Crippen molar-refractivity contribution in [2.75, 3.05) is 24.5 Å². The summed E-state index contributed by atoms with van der Waals surface area (Å²) in [7, 11) is -3.88. The molecule has 0 fully saturated rings. The quantitative estimate of drug-likeness (QED) is 0.669. The van der Waals surface area contributed by atoms with E-state index in [9.17, 15) is 18.0 Å². The lowest BCUT2D eigenvalue weighted by atomic mass is 10.2. The molecule has 9 nitrogen and oxygen atoms in total. The van der Waals surface area contributed by atoms with E-state index in [4.69, 9.17) is 18.9 Å². The van der Waals surface area contributed by atoms with Crippen LogP contribution in [0.2, 0.25) is 0 Å². The summed E-state index contributed by atoms with van der Waals surface area (Å²) in [4.78, 5) is 23.7. The molecule has 0 bridgehead atoms. The highest BCUT2D eigenvalue weighted by Crippen LogP contribution is 2.32. The van der Waals surface area contributed by atoms with Crippen molar-refractivity contribution in [1.82, 2.24) is 0 Å². The van der Waals surface area contributed by atoms with E-state index < -0.39 is 34.2 Å². The average molecular weight is 449 g/mol. The fourth-order valence-corrected chi connectivity index (χ4v) is 3.73. The van der Waals surface area contributed by atoms with E-state index in [0.29, 0.717) is 24.7 Å². The van der Waals surface area contributed by atoms with Gasteiger partial charge < -0.3 is 18.9 Å². The maximum atomic E-state index is 12.6. The van der Waals surface area contributed by atoms with E-state index >= 15 is 0 Å². The number of benzene rings is 2. The number of anilines is 1. The largest absolute Gasteiger partial charge is 0.486 e. The molecule has 0 radical (unpaired) electrons. The number of rotatable bonds is 6. The van der Waals surface area contributed by atoms with Crippen LogP contribution in [0, 0.1) is 0 Å². The monoisotopic (exact) mass is 449 g/mol. The Balaban J connectivity index is 1.62. The van der Waals surface area contributed by atoms with Crippen molar-refractivity contribution >= 4 is 27.6 Å². The molecule has 1 aliphatic heterocycles. The van der Waals surface area contributed by atoms with Gasteiger partial charge in [0.2, 0.25) is 0 Å².